The Hall–Kier alpha value is -1.39. The van der Waals surface area contributed by atoms with Crippen LogP contribution in [0.5, 0.6) is 0 Å². The van der Waals surface area contributed by atoms with Gasteiger partial charge in [-0.25, -0.2) is 10.3 Å². The number of rotatable bonds is 3. The normalized spacial score (nSPS) is 10.0. The van der Waals surface area contributed by atoms with E-state index in [4.69, 9.17) is 10.3 Å². The molecule has 0 spiro atoms. The minimum Gasteiger partial charge on any atom is -0.478 e. The molecule has 0 aromatic heterocycles. The zero-order valence-corrected chi connectivity index (χ0v) is 7.24. The van der Waals surface area contributed by atoms with Crippen molar-refractivity contribution in [2.45, 2.75) is 13.5 Å². The fraction of sp³-hybridized carbons (Fsp3) is 0.222. The molecule has 1 rings (SSSR count). The van der Waals surface area contributed by atoms with E-state index in [2.05, 4.69) is 0 Å². The summed E-state index contributed by atoms with van der Waals surface area (Å²) < 4.78 is 0. The molecule has 0 fully saturated rings. The van der Waals surface area contributed by atoms with Crippen molar-refractivity contribution < 1.29 is 15.1 Å². The standard InChI is InChI=1S/C9H11NO3/c1-6-4-7(5-10-13)2-3-8(6)9(11)12/h2-4,10,13H,5H2,1H3,(H,11,12). The van der Waals surface area contributed by atoms with Gasteiger partial charge in [0.2, 0.25) is 0 Å². The lowest BCUT2D eigenvalue weighted by Gasteiger charge is -2.03. The molecule has 0 bridgehead atoms. The molecule has 0 aliphatic carbocycles. The summed E-state index contributed by atoms with van der Waals surface area (Å²) in [7, 11) is 0. The number of hydrogen-bond donors (Lipinski definition) is 3. The van der Waals surface area contributed by atoms with Crippen molar-refractivity contribution in [1.82, 2.24) is 5.48 Å². The van der Waals surface area contributed by atoms with E-state index in [1.807, 2.05) is 5.48 Å². The summed E-state index contributed by atoms with van der Waals surface area (Å²) in [6, 6.07) is 4.93. The highest BCUT2D eigenvalue weighted by atomic mass is 16.5. The van der Waals surface area contributed by atoms with Crippen LogP contribution < -0.4 is 5.48 Å². The van der Waals surface area contributed by atoms with Crippen molar-refractivity contribution in [3.8, 4) is 0 Å². The van der Waals surface area contributed by atoms with Gasteiger partial charge in [-0.1, -0.05) is 12.1 Å². The lowest BCUT2D eigenvalue weighted by atomic mass is 10.1. The summed E-state index contributed by atoms with van der Waals surface area (Å²) in [6.07, 6.45) is 0. The van der Waals surface area contributed by atoms with E-state index in [-0.39, 0.29) is 0 Å². The van der Waals surface area contributed by atoms with E-state index >= 15 is 0 Å². The maximum absolute atomic E-state index is 10.6. The average molecular weight is 181 g/mol. The lowest BCUT2D eigenvalue weighted by molar-refractivity contribution is 0.0696. The highest BCUT2D eigenvalue weighted by Gasteiger charge is 2.06. The Bertz CT molecular complexity index is 323. The molecule has 0 amide bonds. The number of hydroxylamine groups is 1. The maximum atomic E-state index is 10.6. The first-order valence-corrected chi connectivity index (χ1v) is 3.85. The van der Waals surface area contributed by atoms with Crippen LogP contribution in [0.2, 0.25) is 0 Å². The number of aromatic carboxylic acids is 1. The summed E-state index contributed by atoms with van der Waals surface area (Å²) >= 11 is 0. The molecular weight excluding hydrogens is 170 g/mol. The second-order valence-corrected chi connectivity index (χ2v) is 2.79. The van der Waals surface area contributed by atoms with Crippen LogP contribution >= 0.6 is 0 Å². The van der Waals surface area contributed by atoms with Gasteiger partial charge >= 0.3 is 5.97 Å². The second-order valence-electron chi connectivity index (χ2n) is 2.79. The second kappa shape index (κ2) is 4.02. The Morgan fingerprint density at radius 2 is 2.23 bits per heavy atom. The van der Waals surface area contributed by atoms with Crippen molar-refractivity contribution in [3.05, 3.63) is 34.9 Å². The molecule has 0 radical (unpaired) electrons. The molecular formula is C9H11NO3. The smallest absolute Gasteiger partial charge is 0.335 e. The Morgan fingerprint density at radius 3 is 2.69 bits per heavy atom. The predicted octanol–water partition coefficient (Wildman–Crippen LogP) is 1.17. The fourth-order valence-electron chi connectivity index (χ4n) is 1.17. The largest absolute Gasteiger partial charge is 0.478 e. The van der Waals surface area contributed by atoms with Crippen LogP contribution in [-0.2, 0) is 6.54 Å². The highest BCUT2D eigenvalue weighted by molar-refractivity contribution is 5.89. The number of benzene rings is 1. The van der Waals surface area contributed by atoms with Gasteiger partial charge in [0.15, 0.2) is 0 Å². The average Bonchev–Trinajstić information content (AvgIpc) is 2.04. The van der Waals surface area contributed by atoms with Crippen LogP contribution in [-0.4, -0.2) is 16.3 Å². The van der Waals surface area contributed by atoms with Crippen LogP contribution in [0.4, 0.5) is 0 Å². The molecule has 1 aromatic rings. The molecule has 0 atom stereocenters. The van der Waals surface area contributed by atoms with Gasteiger partial charge in [-0.3, -0.25) is 0 Å². The Balaban J connectivity index is 2.98. The zero-order valence-electron chi connectivity index (χ0n) is 7.24. The Morgan fingerprint density at radius 1 is 1.54 bits per heavy atom. The molecule has 0 aliphatic rings. The van der Waals surface area contributed by atoms with Crippen molar-refractivity contribution in [3.63, 3.8) is 0 Å². The highest BCUT2D eigenvalue weighted by Crippen LogP contribution is 2.10. The topological polar surface area (TPSA) is 69.6 Å². The zero-order chi connectivity index (χ0) is 9.84. The summed E-state index contributed by atoms with van der Waals surface area (Å²) in [4.78, 5) is 10.6. The van der Waals surface area contributed by atoms with Crippen LogP contribution in [0.15, 0.2) is 18.2 Å². The summed E-state index contributed by atoms with van der Waals surface area (Å²) in [5, 5.41) is 17.1. The molecule has 4 heteroatoms. The minimum atomic E-state index is -0.930. The third kappa shape index (κ3) is 2.27. The van der Waals surface area contributed by atoms with Gasteiger partial charge < -0.3 is 10.3 Å². The third-order valence-electron chi connectivity index (χ3n) is 1.80. The predicted molar refractivity (Wildman–Crippen MR) is 46.8 cm³/mol. The van der Waals surface area contributed by atoms with Gasteiger partial charge in [0, 0.05) is 6.54 Å². The van der Waals surface area contributed by atoms with Gasteiger partial charge in [-0.15, -0.1) is 0 Å². The van der Waals surface area contributed by atoms with Gasteiger partial charge in [0.1, 0.15) is 0 Å². The molecule has 13 heavy (non-hydrogen) atoms. The molecule has 3 N–H and O–H groups in total. The fourth-order valence-corrected chi connectivity index (χ4v) is 1.17. The summed E-state index contributed by atoms with van der Waals surface area (Å²) in [6.45, 7) is 2.05. The van der Waals surface area contributed by atoms with E-state index < -0.39 is 5.97 Å². The van der Waals surface area contributed by atoms with Gasteiger partial charge in [-0.2, -0.15) is 0 Å². The Labute approximate surface area is 75.8 Å². The van der Waals surface area contributed by atoms with E-state index in [0.717, 1.165) is 5.56 Å². The molecule has 1 aromatic carbocycles. The molecule has 0 saturated heterocycles. The molecule has 70 valence electrons. The maximum Gasteiger partial charge on any atom is 0.335 e. The number of hydrogen-bond acceptors (Lipinski definition) is 3. The van der Waals surface area contributed by atoms with Crippen molar-refractivity contribution in [1.29, 1.82) is 0 Å². The van der Waals surface area contributed by atoms with E-state index in [1.54, 1.807) is 19.1 Å². The molecule has 0 unspecified atom stereocenters. The number of nitrogens with one attached hydrogen (secondary N) is 1. The SMILES string of the molecule is Cc1cc(CNO)ccc1C(=O)O. The van der Waals surface area contributed by atoms with Crippen LogP contribution in [0.1, 0.15) is 21.5 Å². The van der Waals surface area contributed by atoms with Crippen molar-refractivity contribution in [2.24, 2.45) is 0 Å². The van der Waals surface area contributed by atoms with E-state index in [0.29, 0.717) is 17.7 Å². The van der Waals surface area contributed by atoms with Gasteiger partial charge in [0.05, 0.1) is 5.56 Å². The number of carboxylic acids is 1. The minimum absolute atomic E-state index is 0.293. The molecule has 0 saturated carbocycles. The van der Waals surface area contributed by atoms with Crippen molar-refractivity contribution in [2.75, 3.05) is 0 Å². The summed E-state index contributed by atoms with van der Waals surface area (Å²) in [5.74, 6) is -0.930. The third-order valence-corrected chi connectivity index (χ3v) is 1.80. The van der Waals surface area contributed by atoms with Gasteiger partial charge in [0.25, 0.3) is 0 Å². The van der Waals surface area contributed by atoms with E-state index in [9.17, 15) is 4.79 Å². The first kappa shape index (κ1) is 9.70. The number of carboxylic acid groups (broad SMARTS) is 1. The first-order valence-electron chi connectivity index (χ1n) is 3.85. The monoisotopic (exact) mass is 181 g/mol. The van der Waals surface area contributed by atoms with Crippen molar-refractivity contribution >= 4 is 5.97 Å². The van der Waals surface area contributed by atoms with Crippen LogP contribution in [0.3, 0.4) is 0 Å². The van der Waals surface area contributed by atoms with Crippen LogP contribution in [0.25, 0.3) is 0 Å². The van der Waals surface area contributed by atoms with E-state index in [1.165, 1.54) is 6.07 Å². The molecule has 0 heterocycles. The molecule has 4 nitrogen and oxygen atoms in total. The number of aryl methyl sites for hydroxylation is 1. The summed E-state index contributed by atoms with van der Waals surface area (Å²) in [5.41, 5.74) is 3.85. The number of carbonyl (C=O) groups is 1. The quantitative estimate of drug-likeness (QED) is 0.612. The first-order chi connectivity index (χ1) is 6.15. The molecule has 0 aliphatic heterocycles. The van der Waals surface area contributed by atoms with Crippen LogP contribution in [0, 0.1) is 6.92 Å². The Kier molecular flexibility index (Phi) is 3.00. The van der Waals surface area contributed by atoms with Gasteiger partial charge in [-0.05, 0) is 24.1 Å². The lowest BCUT2D eigenvalue weighted by Crippen LogP contribution is -2.07.